The van der Waals surface area contributed by atoms with Crippen LogP contribution in [0.15, 0.2) is 18.3 Å². The minimum absolute atomic E-state index is 0.0552. The molecule has 0 bridgehead atoms. The normalized spacial score (nSPS) is 19.6. The summed E-state index contributed by atoms with van der Waals surface area (Å²) in [4.78, 5) is 41.8. The zero-order chi connectivity index (χ0) is 23.4. The number of halogens is 3. The summed E-state index contributed by atoms with van der Waals surface area (Å²) in [6.07, 6.45) is -3.30. The van der Waals surface area contributed by atoms with Crippen LogP contribution in [0.25, 0.3) is 0 Å². The Bertz CT molecular complexity index is 803. The van der Waals surface area contributed by atoms with Crippen LogP contribution in [-0.2, 0) is 31.7 Å². The Kier molecular flexibility index (Phi) is 7.67. The molecule has 0 N–H and O–H groups in total. The van der Waals surface area contributed by atoms with Crippen LogP contribution in [0.1, 0.15) is 51.3 Å². The van der Waals surface area contributed by atoms with Gasteiger partial charge in [0.2, 0.25) is 0 Å². The van der Waals surface area contributed by atoms with Crippen LogP contribution in [0.2, 0.25) is 0 Å². The predicted octanol–water partition coefficient (Wildman–Crippen LogP) is 3.79. The summed E-state index contributed by atoms with van der Waals surface area (Å²) in [6, 6.07) is 1.21. The summed E-state index contributed by atoms with van der Waals surface area (Å²) in [5.41, 5.74) is -1.35. The minimum atomic E-state index is -4.53. The van der Waals surface area contributed by atoms with Gasteiger partial charge >= 0.3 is 18.2 Å². The molecule has 1 saturated heterocycles. The summed E-state index contributed by atoms with van der Waals surface area (Å²) in [7, 11) is 1.22. The molecule has 2 heterocycles. The number of aromatic nitrogens is 1. The van der Waals surface area contributed by atoms with E-state index in [9.17, 15) is 27.6 Å². The standard InChI is InChI=1S/C21H27F3N2O5/c1-20(2,3)31-19(29)26-8-7-13(11-16(26)18(28)30-4)9-15(27)10-14-5-6-17(25-12-14)21(22,23)24/h5-6,12-13,16H,7-11H2,1-4H3/t13-,16+/m0/s1. The van der Waals surface area contributed by atoms with Crippen LogP contribution >= 0.6 is 0 Å². The van der Waals surface area contributed by atoms with Gasteiger partial charge in [0.15, 0.2) is 0 Å². The number of hydrogen-bond acceptors (Lipinski definition) is 6. The van der Waals surface area contributed by atoms with Crippen molar-refractivity contribution in [1.29, 1.82) is 0 Å². The molecular formula is C21H27F3N2O5. The van der Waals surface area contributed by atoms with E-state index in [1.165, 1.54) is 18.1 Å². The molecule has 31 heavy (non-hydrogen) atoms. The molecule has 0 radical (unpaired) electrons. The quantitative estimate of drug-likeness (QED) is 0.643. The lowest BCUT2D eigenvalue weighted by Gasteiger charge is -2.38. The SMILES string of the molecule is COC(=O)[C@H]1C[C@H](CC(=O)Cc2ccc(C(F)(F)F)nc2)CCN1C(=O)OC(C)(C)C. The number of rotatable bonds is 5. The van der Waals surface area contributed by atoms with Gasteiger partial charge in [0.05, 0.1) is 7.11 Å². The average Bonchev–Trinajstić information content (AvgIpc) is 2.65. The molecule has 2 atom stereocenters. The van der Waals surface area contributed by atoms with Crippen LogP contribution in [0.3, 0.4) is 0 Å². The Morgan fingerprint density at radius 3 is 2.39 bits per heavy atom. The number of likely N-dealkylation sites (tertiary alicyclic amines) is 1. The lowest BCUT2D eigenvalue weighted by atomic mass is 9.86. The molecular weight excluding hydrogens is 417 g/mol. The van der Waals surface area contributed by atoms with E-state index in [4.69, 9.17) is 9.47 Å². The topological polar surface area (TPSA) is 85.8 Å². The Morgan fingerprint density at radius 2 is 1.87 bits per heavy atom. The average molecular weight is 444 g/mol. The molecule has 1 aromatic rings. The highest BCUT2D eigenvalue weighted by molar-refractivity contribution is 5.83. The number of Topliss-reactive ketones (excluding diaryl/α,β-unsaturated/α-hetero) is 1. The number of hydrogen-bond donors (Lipinski definition) is 0. The summed E-state index contributed by atoms with van der Waals surface area (Å²) >= 11 is 0. The lowest BCUT2D eigenvalue weighted by Crippen LogP contribution is -2.52. The highest BCUT2D eigenvalue weighted by atomic mass is 19.4. The van der Waals surface area contributed by atoms with Gasteiger partial charge in [-0.15, -0.1) is 0 Å². The maximum Gasteiger partial charge on any atom is 0.433 e. The van der Waals surface area contributed by atoms with Crippen molar-refractivity contribution in [1.82, 2.24) is 9.88 Å². The fraction of sp³-hybridized carbons (Fsp3) is 0.619. The highest BCUT2D eigenvalue weighted by Gasteiger charge is 2.39. The van der Waals surface area contributed by atoms with E-state index in [0.29, 0.717) is 12.0 Å². The first-order valence-electron chi connectivity index (χ1n) is 9.91. The molecule has 1 aliphatic heterocycles. The zero-order valence-electron chi connectivity index (χ0n) is 18.0. The molecule has 0 aromatic carbocycles. The minimum Gasteiger partial charge on any atom is -0.467 e. The molecule has 1 aliphatic rings. The van der Waals surface area contributed by atoms with Crippen molar-refractivity contribution in [3.63, 3.8) is 0 Å². The molecule has 0 aliphatic carbocycles. The van der Waals surface area contributed by atoms with Gasteiger partial charge in [0.1, 0.15) is 23.1 Å². The summed E-state index contributed by atoms with van der Waals surface area (Å²) in [5.74, 6) is -0.937. The van der Waals surface area contributed by atoms with Crippen LogP contribution < -0.4 is 0 Å². The van der Waals surface area contributed by atoms with Gasteiger partial charge in [-0.2, -0.15) is 13.2 Å². The summed E-state index contributed by atoms with van der Waals surface area (Å²) < 4.78 is 48.0. The first-order valence-corrected chi connectivity index (χ1v) is 9.91. The fourth-order valence-electron chi connectivity index (χ4n) is 3.44. The smallest absolute Gasteiger partial charge is 0.433 e. The first kappa shape index (κ1) is 24.6. The number of amides is 1. The maximum atomic E-state index is 12.6. The Hall–Kier alpha value is -2.65. The molecule has 1 amide bonds. The van der Waals surface area contributed by atoms with E-state index in [2.05, 4.69) is 4.98 Å². The van der Waals surface area contributed by atoms with Crippen molar-refractivity contribution < 1.29 is 37.0 Å². The third kappa shape index (κ3) is 7.22. The number of carbonyl (C=O) groups is 3. The zero-order valence-corrected chi connectivity index (χ0v) is 18.0. The number of pyridine rings is 1. The van der Waals surface area contributed by atoms with Crippen molar-refractivity contribution >= 4 is 17.8 Å². The summed E-state index contributed by atoms with van der Waals surface area (Å²) in [5, 5.41) is 0. The van der Waals surface area contributed by atoms with E-state index in [1.807, 2.05) is 0 Å². The van der Waals surface area contributed by atoms with Crippen molar-refractivity contribution in [3.05, 3.63) is 29.6 Å². The number of nitrogens with zero attached hydrogens (tertiary/aromatic N) is 2. The fourth-order valence-corrected chi connectivity index (χ4v) is 3.44. The number of alkyl halides is 3. The van der Waals surface area contributed by atoms with E-state index >= 15 is 0 Å². The van der Waals surface area contributed by atoms with Gasteiger partial charge in [0, 0.05) is 25.6 Å². The van der Waals surface area contributed by atoms with Crippen molar-refractivity contribution in [3.8, 4) is 0 Å². The third-order valence-electron chi connectivity index (χ3n) is 4.85. The Labute approximate surface area is 178 Å². The van der Waals surface area contributed by atoms with E-state index in [1.54, 1.807) is 20.8 Å². The highest BCUT2D eigenvalue weighted by Crippen LogP contribution is 2.29. The Morgan fingerprint density at radius 1 is 1.19 bits per heavy atom. The van der Waals surface area contributed by atoms with Crippen LogP contribution in [0.5, 0.6) is 0 Å². The van der Waals surface area contributed by atoms with Crippen LogP contribution in [0, 0.1) is 5.92 Å². The van der Waals surface area contributed by atoms with Crippen LogP contribution in [0.4, 0.5) is 18.0 Å². The van der Waals surface area contributed by atoms with Crippen molar-refractivity contribution in [2.75, 3.05) is 13.7 Å². The van der Waals surface area contributed by atoms with Gasteiger partial charge in [-0.3, -0.25) is 14.7 Å². The molecule has 0 spiro atoms. The largest absolute Gasteiger partial charge is 0.467 e. The monoisotopic (exact) mass is 444 g/mol. The number of ketones is 1. The van der Waals surface area contributed by atoms with Crippen LogP contribution in [-0.4, -0.2) is 53.0 Å². The number of methoxy groups -OCH3 is 1. The maximum absolute atomic E-state index is 12.6. The van der Waals surface area contributed by atoms with Crippen molar-refractivity contribution in [2.45, 2.75) is 64.3 Å². The second kappa shape index (κ2) is 9.65. The van der Waals surface area contributed by atoms with E-state index < -0.39 is 35.6 Å². The lowest BCUT2D eigenvalue weighted by molar-refractivity contribution is -0.149. The van der Waals surface area contributed by atoms with E-state index in [0.717, 1.165) is 12.3 Å². The molecule has 2 rings (SSSR count). The number of piperidine rings is 1. The number of ether oxygens (including phenoxy) is 2. The second-order valence-electron chi connectivity index (χ2n) is 8.57. The molecule has 10 heteroatoms. The predicted molar refractivity (Wildman–Crippen MR) is 104 cm³/mol. The van der Waals surface area contributed by atoms with E-state index in [-0.39, 0.29) is 37.5 Å². The van der Waals surface area contributed by atoms with Crippen molar-refractivity contribution in [2.24, 2.45) is 5.92 Å². The molecule has 172 valence electrons. The van der Waals surface area contributed by atoms with Gasteiger partial charge < -0.3 is 9.47 Å². The molecule has 1 aromatic heterocycles. The first-order chi connectivity index (χ1) is 14.3. The number of carbonyl (C=O) groups excluding carboxylic acids is 3. The van der Waals surface area contributed by atoms with Gasteiger partial charge in [-0.05, 0) is 51.2 Å². The van der Waals surface area contributed by atoms with Gasteiger partial charge in [-0.25, -0.2) is 9.59 Å². The molecule has 7 nitrogen and oxygen atoms in total. The molecule has 1 fully saturated rings. The molecule has 0 unspecified atom stereocenters. The van der Waals surface area contributed by atoms with Gasteiger partial charge in [0.25, 0.3) is 0 Å². The number of esters is 1. The molecule has 0 saturated carbocycles. The third-order valence-corrected chi connectivity index (χ3v) is 4.85. The Balaban J connectivity index is 1.99. The van der Waals surface area contributed by atoms with Gasteiger partial charge in [-0.1, -0.05) is 6.07 Å². The second-order valence-corrected chi connectivity index (χ2v) is 8.57. The summed E-state index contributed by atoms with van der Waals surface area (Å²) in [6.45, 7) is 5.40.